The lowest BCUT2D eigenvalue weighted by Crippen LogP contribution is -1.84. The first-order valence-corrected chi connectivity index (χ1v) is 5.42. The Bertz CT molecular complexity index is 614. The van der Waals surface area contributed by atoms with Crippen molar-refractivity contribution >= 4 is 23.5 Å². The van der Waals surface area contributed by atoms with Crippen LogP contribution < -0.4 is 0 Å². The Balaban J connectivity index is 2.29. The van der Waals surface area contributed by atoms with Crippen LogP contribution in [0.2, 0.25) is 5.02 Å². The van der Waals surface area contributed by atoms with Gasteiger partial charge in [-0.2, -0.15) is 0 Å². The average Bonchev–Trinajstić information content (AvgIpc) is 2.34. The van der Waals surface area contributed by atoms with E-state index in [9.17, 15) is 13.9 Å². The molecular formula is C13H8ClF2NO. The van der Waals surface area contributed by atoms with Crippen molar-refractivity contribution in [1.29, 1.82) is 0 Å². The van der Waals surface area contributed by atoms with Crippen molar-refractivity contribution in [2.75, 3.05) is 0 Å². The first-order chi connectivity index (χ1) is 8.56. The monoisotopic (exact) mass is 267 g/mol. The normalized spacial score (nSPS) is 11.1. The quantitative estimate of drug-likeness (QED) is 0.817. The molecule has 0 bridgehead atoms. The maximum atomic E-state index is 12.9. The largest absolute Gasteiger partial charge is 0.507 e. The van der Waals surface area contributed by atoms with E-state index in [1.54, 1.807) is 0 Å². The molecule has 0 aliphatic rings. The van der Waals surface area contributed by atoms with Gasteiger partial charge in [0.25, 0.3) is 0 Å². The summed E-state index contributed by atoms with van der Waals surface area (Å²) < 4.78 is 25.6. The molecule has 18 heavy (non-hydrogen) atoms. The lowest BCUT2D eigenvalue weighted by Gasteiger charge is -1.99. The molecule has 0 saturated heterocycles. The Morgan fingerprint density at radius 1 is 1.06 bits per heavy atom. The lowest BCUT2D eigenvalue weighted by atomic mass is 10.2. The van der Waals surface area contributed by atoms with E-state index in [0.29, 0.717) is 10.6 Å². The Morgan fingerprint density at radius 3 is 2.56 bits per heavy atom. The Hall–Kier alpha value is -1.94. The zero-order valence-electron chi connectivity index (χ0n) is 9.07. The summed E-state index contributed by atoms with van der Waals surface area (Å²) >= 11 is 5.76. The Labute approximate surface area is 107 Å². The lowest BCUT2D eigenvalue weighted by molar-refractivity contribution is 0.474. The van der Waals surface area contributed by atoms with E-state index in [2.05, 4.69) is 4.99 Å². The van der Waals surface area contributed by atoms with Crippen molar-refractivity contribution in [2.45, 2.75) is 0 Å². The summed E-state index contributed by atoms with van der Waals surface area (Å²) in [7, 11) is 0. The van der Waals surface area contributed by atoms with Crippen LogP contribution in [0, 0.1) is 11.6 Å². The van der Waals surface area contributed by atoms with Crippen molar-refractivity contribution < 1.29 is 13.9 Å². The zero-order chi connectivity index (χ0) is 13.1. The van der Waals surface area contributed by atoms with Gasteiger partial charge in [-0.15, -0.1) is 0 Å². The van der Waals surface area contributed by atoms with Gasteiger partial charge < -0.3 is 5.11 Å². The first kappa shape index (κ1) is 12.5. The van der Waals surface area contributed by atoms with E-state index in [0.717, 1.165) is 12.1 Å². The fourth-order valence-electron chi connectivity index (χ4n) is 1.34. The molecule has 0 fully saturated rings. The zero-order valence-corrected chi connectivity index (χ0v) is 9.83. The minimum Gasteiger partial charge on any atom is -0.507 e. The number of phenols is 1. The molecule has 2 rings (SSSR count). The molecule has 0 aliphatic carbocycles. The SMILES string of the molecule is Oc1ccc(Cl)cc1C=Nc1ccc(F)c(F)c1. The predicted molar refractivity (Wildman–Crippen MR) is 66.7 cm³/mol. The summed E-state index contributed by atoms with van der Waals surface area (Å²) in [6.45, 7) is 0. The van der Waals surface area contributed by atoms with Crippen LogP contribution in [0.25, 0.3) is 0 Å². The molecule has 92 valence electrons. The van der Waals surface area contributed by atoms with E-state index in [-0.39, 0.29) is 11.4 Å². The maximum absolute atomic E-state index is 12.9. The molecule has 0 aromatic heterocycles. The van der Waals surface area contributed by atoms with Crippen LogP contribution in [0.5, 0.6) is 5.75 Å². The van der Waals surface area contributed by atoms with Crippen LogP contribution in [0.1, 0.15) is 5.56 Å². The molecular weight excluding hydrogens is 260 g/mol. The van der Waals surface area contributed by atoms with Crippen LogP contribution in [-0.4, -0.2) is 11.3 Å². The van der Waals surface area contributed by atoms with Gasteiger partial charge in [-0.1, -0.05) is 11.6 Å². The third-order valence-electron chi connectivity index (χ3n) is 2.25. The van der Waals surface area contributed by atoms with Gasteiger partial charge in [-0.05, 0) is 30.3 Å². The van der Waals surface area contributed by atoms with E-state index < -0.39 is 11.6 Å². The minimum atomic E-state index is -0.972. The topological polar surface area (TPSA) is 32.6 Å². The van der Waals surface area contributed by atoms with Crippen molar-refractivity contribution in [1.82, 2.24) is 0 Å². The van der Waals surface area contributed by atoms with Crippen molar-refractivity contribution in [3.8, 4) is 5.75 Å². The molecule has 0 amide bonds. The summed E-state index contributed by atoms with van der Waals surface area (Å²) in [5.74, 6) is -1.90. The van der Waals surface area contributed by atoms with E-state index >= 15 is 0 Å². The van der Waals surface area contributed by atoms with Crippen LogP contribution in [0.4, 0.5) is 14.5 Å². The second kappa shape index (κ2) is 5.14. The number of aliphatic imine (C=N–C) groups is 1. The van der Waals surface area contributed by atoms with E-state index in [1.165, 1.54) is 30.5 Å². The second-order valence-electron chi connectivity index (χ2n) is 3.56. The van der Waals surface area contributed by atoms with Crippen molar-refractivity contribution in [2.24, 2.45) is 4.99 Å². The van der Waals surface area contributed by atoms with Gasteiger partial charge in [0.05, 0.1) is 5.69 Å². The van der Waals surface area contributed by atoms with E-state index in [1.807, 2.05) is 0 Å². The highest BCUT2D eigenvalue weighted by Gasteiger charge is 2.02. The molecule has 0 heterocycles. The molecule has 0 saturated carbocycles. The number of phenolic OH excluding ortho intramolecular Hbond substituents is 1. The standard InChI is InChI=1S/C13H8ClF2NO/c14-9-1-4-13(18)8(5-9)7-17-10-2-3-11(15)12(16)6-10/h1-7,18H. The summed E-state index contributed by atoms with van der Waals surface area (Å²) in [5, 5.41) is 9.97. The number of aromatic hydroxyl groups is 1. The first-order valence-electron chi connectivity index (χ1n) is 5.04. The molecule has 0 unspecified atom stereocenters. The highest BCUT2D eigenvalue weighted by atomic mass is 35.5. The average molecular weight is 268 g/mol. The summed E-state index contributed by atoms with van der Waals surface area (Å²) in [6.07, 6.45) is 1.33. The second-order valence-corrected chi connectivity index (χ2v) is 4.00. The molecule has 5 heteroatoms. The minimum absolute atomic E-state index is 0.00531. The highest BCUT2D eigenvalue weighted by molar-refractivity contribution is 6.30. The summed E-state index contributed by atoms with van der Waals surface area (Å²) in [6, 6.07) is 7.75. The fraction of sp³-hybridized carbons (Fsp3) is 0. The van der Waals surface area contributed by atoms with Crippen molar-refractivity contribution in [3.63, 3.8) is 0 Å². The molecule has 1 N–H and O–H groups in total. The fourth-order valence-corrected chi connectivity index (χ4v) is 1.52. The Kier molecular flexibility index (Phi) is 3.58. The van der Waals surface area contributed by atoms with Gasteiger partial charge in [0, 0.05) is 22.9 Å². The van der Waals surface area contributed by atoms with Gasteiger partial charge in [-0.25, -0.2) is 8.78 Å². The van der Waals surface area contributed by atoms with Crippen molar-refractivity contribution in [3.05, 3.63) is 58.6 Å². The number of hydrogen-bond donors (Lipinski definition) is 1. The van der Waals surface area contributed by atoms with Crippen LogP contribution in [-0.2, 0) is 0 Å². The van der Waals surface area contributed by atoms with Gasteiger partial charge in [-0.3, -0.25) is 4.99 Å². The molecule has 0 radical (unpaired) electrons. The summed E-state index contributed by atoms with van der Waals surface area (Å²) in [5.41, 5.74) is 0.639. The predicted octanol–water partition coefficient (Wildman–Crippen LogP) is 4.07. The molecule has 0 atom stereocenters. The third-order valence-corrected chi connectivity index (χ3v) is 2.48. The van der Waals surface area contributed by atoms with Crippen LogP contribution in [0.15, 0.2) is 41.4 Å². The van der Waals surface area contributed by atoms with Crippen LogP contribution >= 0.6 is 11.6 Å². The summed E-state index contributed by atoms with van der Waals surface area (Å²) in [4.78, 5) is 3.93. The van der Waals surface area contributed by atoms with Gasteiger partial charge in [0.1, 0.15) is 5.75 Å². The number of halogens is 3. The Morgan fingerprint density at radius 2 is 1.83 bits per heavy atom. The highest BCUT2D eigenvalue weighted by Crippen LogP contribution is 2.21. The smallest absolute Gasteiger partial charge is 0.160 e. The van der Waals surface area contributed by atoms with E-state index in [4.69, 9.17) is 11.6 Å². The van der Waals surface area contributed by atoms with Crippen LogP contribution in [0.3, 0.4) is 0 Å². The van der Waals surface area contributed by atoms with Gasteiger partial charge >= 0.3 is 0 Å². The maximum Gasteiger partial charge on any atom is 0.160 e. The molecule has 2 aromatic rings. The number of nitrogens with zero attached hydrogens (tertiary/aromatic N) is 1. The third kappa shape index (κ3) is 2.84. The van der Waals surface area contributed by atoms with Gasteiger partial charge in [0.2, 0.25) is 0 Å². The molecule has 2 nitrogen and oxygen atoms in total. The number of rotatable bonds is 2. The van der Waals surface area contributed by atoms with Gasteiger partial charge in [0.15, 0.2) is 11.6 Å². The molecule has 0 spiro atoms. The molecule has 2 aromatic carbocycles. The molecule has 0 aliphatic heterocycles. The number of hydrogen-bond acceptors (Lipinski definition) is 2. The number of benzene rings is 2.